The highest BCUT2D eigenvalue weighted by Gasteiger charge is 2.28. The van der Waals surface area contributed by atoms with Gasteiger partial charge in [-0.1, -0.05) is 29.8 Å². The number of amides is 1. The van der Waals surface area contributed by atoms with Gasteiger partial charge in [-0.15, -0.1) is 0 Å². The molecule has 1 aromatic rings. The summed E-state index contributed by atoms with van der Waals surface area (Å²) < 4.78 is 13.7. The molecule has 96 valence electrons. The van der Waals surface area contributed by atoms with Crippen LogP contribution in [-0.4, -0.2) is 11.4 Å². The van der Waals surface area contributed by atoms with Gasteiger partial charge in [-0.25, -0.2) is 4.39 Å². The Bertz CT molecular complexity index is 472. The molecule has 0 atom stereocenters. The minimum Gasteiger partial charge on any atom is -0.334 e. The Balaban J connectivity index is 2.98. The molecule has 0 fully saturated rings. The fourth-order valence-electron chi connectivity index (χ4n) is 1.59. The van der Waals surface area contributed by atoms with Crippen LogP contribution in [0.3, 0.4) is 0 Å². The van der Waals surface area contributed by atoms with Gasteiger partial charge in [0.2, 0.25) is 0 Å². The molecule has 0 aliphatic carbocycles. The van der Waals surface area contributed by atoms with Crippen LogP contribution in [0.1, 0.15) is 37.0 Å². The van der Waals surface area contributed by atoms with Crippen molar-refractivity contribution in [3.8, 4) is 6.07 Å². The molecule has 0 saturated heterocycles. The summed E-state index contributed by atoms with van der Waals surface area (Å²) >= 11 is 3.13. The summed E-state index contributed by atoms with van der Waals surface area (Å²) in [6.45, 7) is 3.66. The minimum absolute atomic E-state index is 0.198. The third kappa shape index (κ3) is 3.30. The normalized spacial score (nSPS) is 10.8. The van der Waals surface area contributed by atoms with E-state index in [-0.39, 0.29) is 5.56 Å². The Morgan fingerprint density at radius 1 is 1.44 bits per heavy atom. The molecule has 1 amide bonds. The standard InChI is InChI=1S/C13H14BrFN2O/c1-3-13(4-2,8-16)17-12(18)9-5-10(14)7-11(15)6-9/h5-7H,3-4H2,1-2H3,(H,17,18). The SMILES string of the molecule is CCC(C#N)(CC)NC(=O)c1cc(F)cc(Br)c1. The zero-order valence-electron chi connectivity index (χ0n) is 10.3. The molecule has 0 unspecified atom stereocenters. The Kier molecular flexibility index (Phi) is 4.85. The number of rotatable bonds is 4. The van der Waals surface area contributed by atoms with Crippen LogP contribution in [0, 0.1) is 17.1 Å². The van der Waals surface area contributed by atoms with E-state index < -0.39 is 17.3 Å². The molecule has 1 aromatic carbocycles. The lowest BCUT2D eigenvalue weighted by Crippen LogP contribution is -2.46. The summed E-state index contributed by atoms with van der Waals surface area (Å²) in [5.74, 6) is -0.939. The highest BCUT2D eigenvalue weighted by atomic mass is 79.9. The maximum absolute atomic E-state index is 13.2. The first-order valence-corrected chi connectivity index (χ1v) is 6.45. The molecular formula is C13H14BrFN2O. The van der Waals surface area contributed by atoms with Crippen LogP contribution in [0.5, 0.6) is 0 Å². The number of hydrogen-bond acceptors (Lipinski definition) is 2. The van der Waals surface area contributed by atoms with E-state index in [1.165, 1.54) is 12.1 Å². The average molecular weight is 313 g/mol. The molecule has 1 N–H and O–H groups in total. The monoisotopic (exact) mass is 312 g/mol. The van der Waals surface area contributed by atoms with Crippen LogP contribution >= 0.6 is 15.9 Å². The van der Waals surface area contributed by atoms with Crippen molar-refractivity contribution in [2.24, 2.45) is 0 Å². The summed E-state index contributed by atoms with van der Waals surface area (Å²) in [6.07, 6.45) is 1.00. The van der Waals surface area contributed by atoms with Crippen LogP contribution in [0.25, 0.3) is 0 Å². The fraction of sp³-hybridized carbons (Fsp3) is 0.385. The molecule has 5 heteroatoms. The minimum atomic E-state index is -0.893. The lowest BCUT2D eigenvalue weighted by molar-refractivity contribution is 0.0915. The second kappa shape index (κ2) is 5.96. The predicted octanol–water partition coefficient (Wildman–Crippen LogP) is 3.40. The Morgan fingerprint density at radius 3 is 2.50 bits per heavy atom. The van der Waals surface area contributed by atoms with Crippen LogP contribution in [0.2, 0.25) is 0 Å². The van der Waals surface area contributed by atoms with Crippen molar-refractivity contribution in [2.75, 3.05) is 0 Å². The van der Waals surface area contributed by atoms with Crippen LogP contribution in [0.4, 0.5) is 4.39 Å². The van der Waals surface area contributed by atoms with Gasteiger partial charge in [-0.3, -0.25) is 4.79 Å². The van der Waals surface area contributed by atoms with E-state index in [2.05, 4.69) is 27.3 Å². The van der Waals surface area contributed by atoms with Crippen molar-refractivity contribution in [3.05, 3.63) is 34.1 Å². The van der Waals surface area contributed by atoms with Crippen LogP contribution in [-0.2, 0) is 0 Å². The largest absolute Gasteiger partial charge is 0.334 e. The number of carbonyl (C=O) groups is 1. The highest BCUT2D eigenvalue weighted by Crippen LogP contribution is 2.18. The number of nitrogens with zero attached hydrogens (tertiary/aromatic N) is 1. The Morgan fingerprint density at radius 2 is 2.06 bits per heavy atom. The summed E-state index contributed by atoms with van der Waals surface area (Å²) in [5, 5.41) is 11.8. The van der Waals surface area contributed by atoms with Gasteiger partial charge >= 0.3 is 0 Å². The van der Waals surface area contributed by atoms with Gasteiger partial charge in [-0.05, 0) is 31.0 Å². The van der Waals surface area contributed by atoms with E-state index in [4.69, 9.17) is 5.26 Å². The van der Waals surface area contributed by atoms with Gasteiger partial charge in [0, 0.05) is 10.0 Å². The molecule has 0 aromatic heterocycles. The number of carbonyl (C=O) groups excluding carboxylic acids is 1. The second-order valence-corrected chi connectivity index (χ2v) is 4.93. The van der Waals surface area contributed by atoms with Crippen molar-refractivity contribution in [3.63, 3.8) is 0 Å². The van der Waals surface area contributed by atoms with E-state index >= 15 is 0 Å². The first kappa shape index (κ1) is 14.7. The summed E-state index contributed by atoms with van der Waals surface area (Å²) in [4.78, 5) is 12.0. The van der Waals surface area contributed by atoms with E-state index in [0.717, 1.165) is 6.07 Å². The lowest BCUT2D eigenvalue weighted by atomic mass is 9.94. The number of benzene rings is 1. The van der Waals surface area contributed by atoms with Crippen LogP contribution < -0.4 is 5.32 Å². The highest BCUT2D eigenvalue weighted by molar-refractivity contribution is 9.10. The van der Waals surface area contributed by atoms with Crippen molar-refractivity contribution in [1.29, 1.82) is 5.26 Å². The van der Waals surface area contributed by atoms with Gasteiger partial charge in [-0.2, -0.15) is 5.26 Å². The van der Waals surface area contributed by atoms with Gasteiger partial charge in [0.25, 0.3) is 5.91 Å². The lowest BCUT2D eigenvalue weighted by Gasteiger charge is -2.24. The van der Waals surface area contributed by atoms with Crippen molar-refractivity contribution < 1.29 is 9.18 Å². The first-order chi connectivity index (χ1) is 8.46. The molecule has 0 saturated carbocycles. The van der Waals surface area contributed by atoms with Gasteiger partial charge in [0.05, 0.1) is 6.07 Å². The number of hydrogen-bond donors (Lipinski definition) is 1. The topological polar surface area (TPSA) is 52.9 Å². The zero-order chi connectivity index (χ0) is 13.8. The molecule has 3 nitrogen and oxygen atoms in total. The Labute approximate surface area is 114 Å². The van der Waals surface area contributed by atoms with E-state index in [1.807, 2.05) is 13.8 Å². The molecule has 0 aliphatic rings. The third-order valence-electron chi connectivity index (χ3n) is 2.90. The quantitative estimate of drug-likeness (QED) is 0.926. The second-order valence-electron chi connectivity index (χ2n) is 4.01. The molecule has 0 bridgehead atoms. The molecule has 0 heterocycles. The maximum Gasteiger partial charge on any atom is 0.252 e. The molecule has 18 heavy (non-hydrogen) atoms. The first-order valence-electron chi connectivity index (χ1n) is 5.66. The smallest absolute Gasteiger partial charge is 0.252 e. The number of halogens is 2. The van der Waals surface area contributed by atoms with Gasteiger partial charge < -0.3 is 5.32 Å². The number of nitriles is 1. The van der Waals surface area contributed by atoms with Crippen molar-refractivity contribution in [2.45, 2.75) is 32.2 Å². The van der Waals surface area contributed by atoms with Gasteiger partial charge in [0.15, 0.2) is 0 Å². The molecule has 1 rings (SSSR count). The molecule has 0 aliphatic heterocycles. The van der Waals surface area contributed by atoms with E-state index in [9.17, 15) is 9.18 Å². The molecule has 0 spiro atoms. The van der Waals surface area contributed by atoms with E-state index in [1.54, 1.807) is 0 Å². The zero-order valence-corrected chi connectivity index (χ0v) is 11.8. The Hall–Kier alpha value is -1.41. The molecular weight excluding hydrogens is 299 g/mol. The summed E-state index contributed by atoms with van der Waals surface area (Å²) in [5.41, 5.74) is -0.695. The summed E-state index contributed by atoms with van der Waals surface area (Å²) in [6, 6.07) is 6.05. The van der Waals surface area contributed by atoms with Crippen molar-refractivity contribution in [1.82, 2.24) is 5.32 Å². The van der Waals surface area contributed by atoms with Gasteiger partial charge in [0.1, 0.15) is 11.4 Å². The average Bonchev–Trinajstić information content (AvgIpc) is 2.35. The summed E-state index contributed by atoms with van der Waals surface area (Å²) in [7, 11) is 0. The number of nitrogens with one attached hydrogen (secondary N) is 1. The fourth-order valence-corrected chi connectivity index (χ4v) is 2.05. The molecule has 0 radical (unpaired) electrons. The third-order valence-corrected chi connectivity index (χ3v) is 3.36. The van der Waals surface area contributed by atoms with Crippen molar-refractivity contribution >= 4 is 21.8 Å². The maximum atomic E-state index is 13.2. The predicted molar refractivity (Wildman–Crippen MR) is 70.5 cm³/mol. The van der Waals surface area contributed by atoms with E-state index in [0.29, 0.717) is 17.3 Å². The van der Waals surface area contributed by atoms with Crippen LogP contribution in [0.15, 0.2) is 22.7 Å².